The van der Waals surface area contributed by atoms with E-state index in [0.717, 1.165) is 44.7 Å². The van der Waals surface area contributed by atoms with Crippen molar-refractivity contribution in [2.45, 2.75) is 33.6 Å². The van der Waals surface area contributed by atoms with E-state index in [1.807, 2.05) is 0 Å². The van der Waals surface area contributed by atoms with Gasteiger partial charge in [-0.05, 0) is 31.1 Å². The maximum absolute atomic E-state index is 5.45. The predicted molar refractivity (Wildman–Crippen MR) is 79.4 cm³/mol. The minimum atomic E-state index is 0.513. The molecule has 1 N–H and O–H groups in total. The Morgan fingerprint density at radius 3 is 2.74 bits per heavy atom. The van der Waals surface area contributed by atoms with Gasteiger partial charge in [0.1, 0.15) is 0 Å². The van der Waals surface area contributed by atoms with Gasteiger partial charge in [0.15, 0.2) is 5.96 Å². The van der Waals surface area contributed by atoms with Crippen molar-refractivity contribution in [1.82, 2.24) is 10.2 Å². The molecule has 0 aromatic carbocycles. The molecule has 1 saturated carbocycles. The van der Waals surface area contributed by atoms with Gasteiger partial charge in [0.2, 0.25) is 0 Å². The molecule has 4 nitrogen and oxygen atoms in total. The van der Waals surface area contributed by atoms with Crippen molar-refractivity contribution >= 4 is 5.96 Å². The second-order valence-corrected chi connectivity index (χ2v) is 6.69. The number of hydrogen-bond donors (Lipinski definition) is 1. The minimum Gasteiger partial charge on any atom is -0.381 e. The molecule has 0 radical (unpaired) electrons. The van der Waals surface area contributed by atoms with Crippen LogP contribution in [-0.4, -0.2) is 50.8 Å². The van der Waals surface area contributed by atoms with E-state index in [2.05, 4.69) is 38.0 Å². The van der Waals surface area contributed by atoms with Crippen LogP contribution in [0.1, 0.15) is 33.6 Å². The molecule has 4 heteroatoms. The van der Waals surface area contributed by atoms with Crippen molar-refractivity contribution in [2.75, 3.05) is 39.9 Å². The van der Waals surface area contributed by atoms with Gasteiger partial charge < -0.3 is 15.0 Å². The van der Waals surface area contributed by atoms with Crippen LogP contribution >= 0.6 is 0 Å². The van der Waals surface area contributed by atoms with E-state index < -0.39 is 0 Å². The summed E-state index contributed by atoms with van der Waals surface area (Å²) in [6.07, 6.45) is 2.50. The highest BCUT2D eigenvalue weighted by atomic mass is 16.5. The van der Waals surface area contributed by atoms with Gasteiger partial charge >= 0.3 is 0 Å². The third-order valence-corrected chi connectivity index (χ3v) is 4.43. The van der Waals surface area contributed by atoms with Gasteiger partial charge in [0, 0.05) is 39.2 Å². The molecule has 110 valence electrons. The number of guanidine groups is 1. The average Bonchev–Trinajstić information content (AvgIpc) is 2.78. The van der Waals surface area contributed by atoms with Gasteiger partial charge in [-0.3, -0.25) is 4.99 Å². The van der Waals surface area contributed by atoms with E-state index in [0.29, 0.717) is 11.3 Å². The molecule has 0 spiro atoms. The van der Waals surface area contributed by atoms with Gasteiger partial charge in [-0.25, -0.2) is 0 Å². The summed E-state index contributed by atoms with van der Waals surface area (Å²) >= 11 is 0. The normalized spacial score (nSPS) is 29.4. The second kappa shape index (κ2) is 6.12. The molecule has 0 aromatic heterocycles. The molecule has 1 saturated heterocycles. The van der Waals surface area contributed by atoms with Crippen molar-refractivity contribution in [2.24, 2.45) is 22.2 Å². The molecule has 2 atom stereocenters. The molecule has 0 aromatic rings. The Morgan fingerprint density at radius 1 is 1.47 bits per heavy atom. The summed E-state index contributed by atoms with van der Waals surface area (Å²) in [5, 5.41) is 3.40. The summed E-state index contributed by atoms with van der Waals surface area (Å²) in [5.74, 6) is 2.48. The summed E-state index contributed by atoms with van der Waals surface area (Å²) in [6.45, 7) is 11.5. The van der Waals surface area contributed by atoms with Crippen molar-refractivity contribution < 1.29 is 4.74 Å². The Balaban J connectivity index is 1.84. The number of rotatable bonds is 5. The molecule has 2 rings (SSSR count). The van der Waals surface area contributed by atoms with Crippen molar-refractivity contribution in [3.05, 3.63) is 0 Å². The molecule has 1 aliphatic heterocycles. The monoisotopic (exact) mass is 267 g/mol. The minimum absolute atomic E-state index is 0.513. The van der Waals surface area contributed by atoms with Gasteiger partial charge in [0.05, 0.1) is 6.61 Å². The van der Waals surface area contributed by atoms with Crippen molar-refractivity contribution in [1.29, 1.82) is 0 Å². The first-order valence-electron chi connectivity index (χ1n) is 7.60. The Kier molecular flexibility index (Phi) is 4.71. The first kappa shape index (κ1) is 14.6. The zero-order chi connectivity index (χ0) is 13.9. The van der Waals surface area contributed by atoms with Crippen LogP contribution in [0.4, 0.5) is 0 Å². The Hall–Kier alpha value is -0.770. The molecular weight excluding hydrogens is 238 g/mol. The molecule has 0 bridgehead atoms. The zero-order valence-electron chi connectivity index (χ0n) is 12.9. The van der Waals surface area contributed by atoms with Gasteiger partial charge in [-0.15, -0.1) is 0 Å². The largest absolute Gasteiger partial charge is 0.381 e. The van der Waals surface area contributed by atoms with Crippen LogP contribution in [0.15, 0.2) is 4.99 Å². The molecule has 0 amide bonds. The molecule has 2 aliphatic rings. The van der Waals surface area contributed by atoms with E-state index in [4.69, 9.17) is 9.73 Å². The third-order valence-electron chi connectivity index (χ3n) is 4.43. The van der Waals surface area contributed by atoms with E-state index in [-0.39, 0.29) is 0 Å². The molecule has 19 heavy (non-hydrogen) atoms. The fraction of sp³-hybridized carbons (Fsp3) is 0.933. The SMILES string of the molecule is CCNC(=NCC1CC1(C)C)N(C)CC1CCOC1. The number of nitrogens with zero attached hydrogens (tertiary/aromatic N) is 2. The third kappa shape index (κ3) is 4.10. The first-order valence-corrected chi connectivity index (χ1v) is 7.60. The molecule has 1 aliphatic carbocycles. The number of hydrogen-bond acceptors (Lipinski definition) is 2. The van der Waals surface area contributed by atoms with E-state index in [9.17, 15) is 0 Å². The van der Waals surface area contributed by atoms with Crippen LogP contribution in [0.25, 0.3) is 0 Å². The van der Waals surface area contributed by atoms with E-state index in [1.54, 1.807) is 0 Å². The highest BCUT2D eigenvalue weighted by molar-refractivity contribution is 5.79. The van der Waals surface area contributed by atoms with Crippen molar-refractivity contribution in [3.8, 4) is 0 Å². The quantitative estimate of drug-likeness (QED) is 0.611. The van der Waals surface area contributed by atoms with Gasteiger partial charge in [0.25, 0.3) is 0 Å². The van der Waals surface area contributed by atoms with Crippen LogP contribution in [0.5, 0.6) is 0 Å². The summed E-state index contributed by atoms with van der Waals surface area (Å²) in [4.78, 5) is 7.07. The highest BCUT2D eigenvalue weighted by Crippen LogP contribution is 2.51. The van der Waals surface area contributed by atoms with Crippen LogP contribution in [0.3, 0.4) is 0 Å². The maximum atomic E-state index is 5.45. The second-order valence-electron chi connectivity index (χ2n) is 6.69. The fourth-order valence-corrected chi connectivity index (χ4v) is 2.76. The first-order chi connectivity index (χ1) is 9.03. The number of nitrogens with one attached hydrogen (secondary N) is 1. The summed E-state index contributed by atoms with van der Waals surface area (Å²) in [7, 11) is 2.14. The Labute approximate surface area is 117 Å². The van der Waals surface area contributed by atoms with Crippen LogP contribution < -0.4 is 5.32 Å². The zero-order valence-corrected chi connectivity index (χ0v) is 12.9. The number of ether oxygens (including phenoxy) is 1. The Morgan fingerprint density at radius 2 is 2.21 bits per heavy atom. The lowest BCUT2D eigenvalue weighted by atomic mass is 10.1. The lowest BCUT2D eigenvalue weighted by Crippen LogP contribution is -2.41. The average molecular weight is 267 g/mol. The lowest BCUT2D eigenvalue weighted by molar-refractivity contribution is 0.181. The maximum Gasteiger partial charge on any atom is 0.193 e. The van der Waals surface area contributed by atoms with E-state index in [1.165, 1.54) is 12.8 Å². The van der Waals surface area contributed by atoms with Gasteiger partial charge in [-0.1, -0.05) is 13.8 Å². The van der Waals surface area contributed by atoms with Crippen LogP contribution in [0.2, 0.25) is 0 Å². The van der Waals surface area contributed by atoms with Gasteiger partial charge in [-0.2, -0.15) is 0 Å². The smallest absolute Gasteiger partial charge is 0.193 e. The van der Waals surface area contributed by atoms with Crippen LogP contribution in [-0.2, 0) is 4.74 Å². The Bertz CT molecular complexity index is 321. The van der Waals surface area contributed by atoms with Crippen molar-refractivity contribution in [3.63, 3.8) is 0 Å². The molecular formula is C15H29N3O. The summed E-state index contributed by atoms with van der Waals surface area (Å²) in [6, 6.07) is 0. The molecule has 2 unspecified atom stereocenters. The topological polar surface area (TPSA) is 36.9 Å². The lowest BCUT2D eigenvalue weighted by Gasteiger charge is -2.24. The van der Waals surface area contributed by atoms with E-state index >= 15 is 0 Å². The highest BCUT2D eigenvalue weighted by Gasteiger charge is 2.45. The standard InChI is InChI=1S/C15H29N3O/c1-5-16-14(17-9-13-8-15(13,2)3)18(4)10-12-6-7-19-11-12/h12-13H,5-11H2,1-4H3,(H,16,17). The van der Waals surface area contributed by atoms with Crippen LogP contribution in [0, 0.1) is 17.3 Å². The number of aliphatic imine (C=N–C) groups is 1. The molecule has 2 fully saturated rings. The summed E-state index contributed by atoms with van der Waals surface area (Å²) in [5.41, 5.74) is 0.513. The predicted octanol–water partition coefficient (Wildman–Crippen LogP) is 1.97. The molecule has 1 heterocycles. The fourth-order valence-electron chi connectivity index (χ4n) is 2.76. The summed E-state index contributed by atoms with van der Waals surface area (Å²) < 4.78 is 5.45.